The molecule has 1 heterocycles. The van der Waals surface area contributed by atoms with E-state index in [1.807, 2.05) is 23.1 Å². The molecule has 3 nitrogen and oxygen atoms in total. The van der Waals surface area contributed by atoms with E-state index in [1.54, 1.807) is 0 Å². The van der Waals surface area contributed by atoms with Crippen molar-refractivity contribution < 1.29 is 9.90 Å². The van der Waals surface area contributed by atoms with Crippen molar-refractivity contribution in [3.8, 4) is 0 Å². The normalized spacial score (nSPS) is 20.4. The van der Waals surface area contributed by atoms with E-state index in [4.69, 9.17) is 5.11 Å². The van der Waals surface area contributed by atoms with Gasteiger partial charge in [-0.1, -0.05) is 30.3 Å². The largest absolute Gasteiger partial charge is 0.480 e. The fraction of sp³-hybridized carbons (Fsp3) is 0.417. The third-order valence-electron chi connectivity index (χ3n) is 2.89. The molecule has 0 aliphatic carbocycles. The molecule has 4 heteroatoms. The lowest BCUT2D eigenvalue weighted by Gasteiger charge is -2.22. The molecule has 1 aromatic carbocycles. The molecule has 16 heavy (non-hydrogen) atoms. The van der Waals surface area contributed by atoms with Gasteiger partial charge in [0.05, 0.1) is 6.54 Å². The number of hydrogen-bond donors (Lipinski definition) is 1. The SMILES string of the molecule is Cl.O=C(O)CN1CCCC1c1ccccc1. The predicted octanol–water partition coefficient (Wildman–Crippen LogP) is 2.33. The molecule has 1 saturated heterocycles. The molecule has 2 rings (SSSR count). The van der Waals surface area contributed by atoms with Gasteiger partial charge in [0.15, 0.2) is 0 Å². The van der Waals surface area contributed by atoms with Crippen LogP contribution in [0, 0.1) is 0 Å². The highest BCUT2D eigenvalue weighted by Gasteiger charge is 2.26. The number of hydrogen-bond acceptors (Lipinski definition) is 2. The molecule has 0 amide bonds. The molecule has 88 valence electrons. The van der Waals surface area contributed by atoms with Crippen LogP contribution in [-0.4, -0.2) is 29.1 Å². The first-order chi connectivity index (χ1) is 7.27. The first-order valence-electron chi connectivity index (χ1n) is 5.28. The average molecular weight is 242 g/mol. The maximum absolute atomic E-state index is 10.7. The molecule has 1 atom stereocenters. The van der Waals surface area contributed by atoms with Crippen LogP contribution in [0.3, 0.4) is 0 Å². The topological polar surface area (TPSA) is 40.5 Å². The van der Waals surface area contributed by atoms with Gasteiger partial charge in [0, 0.05) is 6.04 Å². The Kier molecular flexibility index (Phi) is 4.77. The number of carbonyl (C=O) groups is 1. The lowest BCUT2D eigenvalue weighted by molar-refractivity contribution is -0.138. The predicted molar refractivity (Wildman–Crippen MR) is 64.9 cm³/mol. The number of nitrogens with zero attached hydrogens (tertiary/aromatic N) is 1. The summed E-state index contributed by atoms with van der Waals surface area (Å²) >= 11 is 0. The summed E-state index contributed by atoms with van der Waals surface area (Å²) in [4.78, 5) is 12.7. The fourth-order valence-corrected chi connectivity index (χ4v) is 2.24. The van der Waals surface area contributed by atoms with Gasteiger partial charge in [-0.2, -0.15) is 0 Å². The molecule has 1 aliphatic rings. The molecular weight excluding hydrogens is 226 g/mol. The number of rotatable bonds is 3. The van der Waals surface area contributed by atoms with Gasteiger partial charge in [0.2, 0.25) is 0 Å². The first kappa shape index (κ1) is 13.0. The van der Waals surface area contributed by atoms with Crippen LogP contribution in [0.4, 0.5) is 0 Å². The monoisotopic (exact) mass is 241 g/mol. The summed E-state index contributed by atoms with van der Waals surface area (Å²) in [6, 6.07) is 10.4. The first-order valence-corrected chi connectivity index (χ1v) is 5.28. The number of carboxylic acid groups (broad SMARTS) is 1. The molecule has 0 radical (unpaired) electrons. The standard InChI is InChI=1S/C12H15NO2.ClH/c14-12(15)9-13-8-4-7-11(13)10-5-2-1-3-6-10;/h1-3,5-6,11H,4,7-9H2,(H,14,15);1H. The van der Waals surface area contributed by atoms with Crippen LogP contribution in [0.2, 0.25) is 0 Å². The Labute approximate surface area is 101 Å². The van der Waals surface area contributed by atoms with Crippen molar-refractivity contribution in [1.29, 1.82) is 0 Å². The van der Waals surface area contributed by atoms with Gasteiger partial charge in [0.25, 0.3) is 0 Å². The Morgan fingerprint density at radius 1 is 1.38 bits per heavy atom. The van der Waals surface area contributed by atoms with Crippen molar-refractivity contribution in [2.75, 3.05) is 13.1 Å². The van der Waals surface area contributed by atoms with Crippen LogP contribution in [0.5, 0.6) is 0 Å². The molecule has 1 fully saturated rings. The number of aliphatic carboxylic acids is 1. The minimum Gasteiger partial charge on any atom is -0.480 e. The fourth-order valence-electron chi connectivity index (χ4n) is 2.24. The number of halogens is 1. The van der Waals surface area contributed by atoms with Crippen LogP contribution in [0.1, 0.15) is 24.4 Å². The van der Waals surface area contributed by atoms with E-state index in [0.717, 1.165) is 19.4 Å². The Balaban J connectivity index is 0.00000128. The van der Waals surface area contributed by atoms with Crippen LogP contribution in [0.25, 0.3) is 0 Å². The maximum atomic E-state index is 10.7. The second-order valence-electron chi connectivity index (χ2n) is 3.93. The van der Waals surface area contributed by atoms with Crippen LogP contribution in [0.15, 0.2) is 30.3 Å². The highest BCUT2D eigenvalue weighted by molar-refractivity contribution is 5.85. The van der Waals surface area contributed by atoms with E-state index < -0.39 is 5.97 Å². The van der Waals surface area contributed by atoms with Crippen LogP contribution < -0.4 is 0 Å². The Morgan fingerprint density at radius 2 is 2.06 bits per heavy atom. The molecule has 1 unspecified atom stereocenters. The third kappa shape index (κ3) is 2.97. The van der Waals surface area contributed by atoms with Gasteiger partial charge in [0.1, 0.15) is 0 Å². The highest BCUT2D eigenvalue weighted by Crippen LogP contribution is 2.31. The number of benzene rings is 1. The molecule has 1 N–H and O–H groups in total. The summed E-state index contributed by atoms with van der Waals surface area (Å²) in [6.45, 7) is 1.05. The van der Waals surface area contributed by atoms with Crippen LogP contribution in [-0.2, 0) is 4.79 Å². The Morgan fingerprint density at radius 3 is 2.69 bits per heavy atom. The van der Waals surface area contributed by atoms with Crippen molar-refractivity contribution in [3.63, 3.8) is 0 Å². The zero-order chi connectivity index (χ0) is 10.7. The third-order valence-corrected chi connectivity index (χ3v) is 2.89. The number of carboxylic acids is 1. The van der Waals surface area contributed by atoms with Crippen molar-refractivity contribution in [2.24, 2.45) is 0 Å². The van der Waals surface area contributed by atoms with Gasteiger partial charge < -0.3 is 5.11 Å². The highest BCUT2D eigenvalue weighted by atomic mass is 35.5. The molecule has 0 spiro atoms. The molecule has 1 aromatic rings. The van der Waals surface area contributed by atoms with E-state index in [0.29, 0.717) is 6.04 Å². The quantitative estimate of drug-likeness (QED) is 0.883. The molecular formula is C12H16ClNO2. The Hall–Kier alpha value is -1.06. The second-order valence-corrected chi connectivity index (χ2v) is 3.93. The van der Waals surface area contributed by atoms with Crippen LogP contribution >= 0.6 is 12.4 Å². The van der Waals surface area contributed by atoms with Gasteiger partial charge in [-0.15, -0.1) is 12.4 Å². The summed E-state index contributed by atoms with van der Waals surface area (Å²) in [5.74, 6) is -0.738. The summed E-state index contributed by atoms with van der Waals surface area (Å²) < 4.78 is 0. The summed E-state index contributed by atoms with van der Waals surface area (Å²) in [5, 5.41) is 8.80. The Bertz CT molecular complexity index is 342. The smallest absolute Gasteiger partial charge is 0.317 e. The van der Waals surface area contributed by atoms with Gasteiger partial charge >= 0.3 is 5.97 Å². The molecule has 1 aliphatic heterocycles. The lowest BCUT2D eigenvalue weighted by atomic mass is 10.0. The molecule has 0 bridgehead atoms. The summed E-state index contributed by atoms with van der Waals surface area (Å²) in [7, 11) is 0. The zero-order valence-corrected chi connectivity index (χ0v) is 9.82. The van der Waals surface area contributed by atoms with Crippen molar-refractivity contribution in [3.05, 3.63) is 35.9 Å². The minimum atomic E-state index is -0.738. The van der Waals surface area contributed by atoms with Crippen molar-refractivity contribution in [1.82, 2.24) is 4.90 Å². The van der Waals surface area contributed by atoms with Crippen molar-refractivity contribution >= 4 is 18.4 Å². The van der Waals surface area contributed by atoms with E-state index in [-0.39, 0.29) is 19.0 Å². The second kappa shape index (κ2) is 5.87. The van der Waals surface area contributed by atoms with E-state index in [2.05, 4.69) is 12.1 Å². The van der Waals surface area contributed by atoms with Gasteiger partial charge in [-0.3, -0.25) is 9.69 Å². The minimum absolute atomic E-state index is 0. The average Bonchev–Trinajstić information content (AvgIpc) is 2.66. The van der Waals surface area contributed by atoms with E-state index in [1.165, 1.54) is 5.56 Å². The molecule has 0 aromatic heterocycles. The van der Waals surface area contributed by atoms with Gasteiger partial charge in [-0.05, 0) is 24.9 Å². The lowest BCUT2D eigenvalue weighted by Crippen LogP contribution is -2.29. The summed E-state index contributed by atoms with van der Waals surface area (Å²) in [5.41, 5.74) is 1.23. The summed E-state index contributed by atoms with van der Waals surface area (Å²) in [6.07, 6.45) is 2.16. The maximum Gasteiger partial charge on any atom is 0.317 e. The zero-order valence-electron chi connectivity index (χ0n) is 9.00. The van der Waals surface area contributed by atoms with Gasteiger partial charge in [-0.25, -0.2) is 0 Å². The van der Waals surface area contributed by atoms with Crippen molar-refractivity contribution in [2.45, 2.75) is 18.9 Å². The van der Waals surface area contributed by atoms with E-state index in [9.17, 15) is 4.79 Å². The van der Waals surface area contributed by atoms with E-state index >= 15 is 0 Å². The number of likely N-dealkylation sites (tertiary alicyclic amines) is 1. The molecule has 0 saturated carbocycles.